The third-order valence-electron chi connectivity index (χ3n) is 4.38. The van der Waals surface area contributed by atoms with Gasteiger partial charge in [0.1, 0.15) is 11.5 Å². The zero-order chi connectivity index (χ0) is 17.5. The lowest BCUT2D eigenvalue weighted by Gasteiger charge is -2.33. The van der Waals surface area contributed by atoms with Gasteiger partial charge in [-0.3, -0.25) is 9.69 Å². The minimum Gasteiger partial charge on any atom is -0.457 e. The number of amides is 1. The van der Waals surface area contributed by atoms with E-state index in [0.717, 1.165) is 43.4 Å². The lowest BCUT2D eigenvalue weighted by Crippen LogP contribution is -2.50. The Hall–Kier alpha value is -2.08. The van der Waals surface area contributed by atoms with E-state index in [1.807, 2.05) is 54.6 Å². The zero-order valence-corrected chi connectivity index (χ0v) is 15.8. The molecule has 26 heavy (non-hydrogen) atoms. The maximum Gasteiger partial charge on any atom is 0.225 e. The summed E-state index contributed by atoms with van der Waals surface area (Å²) in [6.45, 7) is 5.97. The zero-order valence-electron chi connectivity index (χ0n) is 15.0. The first kappa shape index (κ1) is 20.2. The van der Waals surface area contributed by atoms with Crippen LogP contribution in [0.1, 0.15) is 13.3 Å². The highest BCUT2D eigenvalue weighted by atomic mass is 35.5. The van der Waals surface area contributed by atoms with Gasteiger partial charge in [-0.05, 0) is 43.3 Å². The Morgan fingerprint density at radius 1 is 1.15 bits per heavy atom. The van der Waals surface area contributed by atoms with Crippen molar-refractivity contribution in [1.82, 2.24) is 10.2 Å². The summed E-state index contributed by atoms with van der Waals surface area (Å²) < 4.78 is 5.75. The number of carbonyl (C=O) groups excluding carboxylic acids is 1. The van der Waals surface area contributed by atoms with Gasteiger partial charge in [-0.1, -0.05) is 18.2 Å². The van der Waals surface area contributed by atoms with Crippen LogP contribution in [0, 0.1) is 0 Å². The molecule has 1 atom stereocenters. The fraction of sp³-hybridized carbons (Fsp3) is 0.350. The van der Waals surface area contributed by atoms with Crippen molar-refractivity contribution in [2.24, 2.45) is 0 Å². The molecule has 3 rings (SSSR count). The number of anilines is 1. The van der Waals surface area contributed by atoms with Gasteiger partial charge in [0.25, 0.3) is 0 Å². The van der Waals surface area contributed by atoms with E-state index in [2.05, 4.69) is 22.5 Å². The van der Waals surface area contributed by atoms with Crippen LogP contribution >= 0.6 is 12.4 Å². The molecule has 0 unspecified atom stereocenters. The summed E-state index contributed by atoms with van der Waals surface area (Å²) >= 11 is 0. The molecule has 0 spiro atoms. The minimum absolute atomic E-state index is 0. The van der Waals surface area contributed by atoms with Crippen molar-refractivity contribution in [1.29, 1.82) is 0 Å². The highest BCUT2D eigenvalue weighted by molar-refractivity contribution is 5.90. The predicted octanol–water partition coefficient (Wildman–Crippen LogP) is 3.52. The van der Waals surface area contributed by atoms with Gasteiger partial charge >= 0.3 is 0 Å². The Morgan fingerprint density at radius 3 is 2.54 bits per heavy atom. The highest BCUT2D eigenvalue weighted by Crippen LogP contribution is 2.22. The maximum atomic E-state index is 12.2. The smallest absolute Gasteiger partial charge is 0.225 e. The van der Waals surface area contributed by atoms with E-state index in [1.165, 1.54) is 0 Å². The van der Waals surface area contributed by atoms with E-state index < -0.39 is 0 Å². The monoisotopic (exact) mass is 375 g/mol. The Labute approximate surface area is 161 Å². The third kappa shape index (κ3) is 6.02. The van der Waals surface area contributed by atoms with E-state index in [1.54, 1.807) is 0 Å². The van der Waals surface area contributed by atoms with Gasteiger partial charge in [0.2, 0.25) is 5.91 Å². The normalized spacial score (nSPS) is 17.2. The molecule has 1 saturated heterocycles. The second kappa shape index (κ2) is 10.2. The number of halogens is 1. The lowest BCUT2D eigenvalue weighted by atomic mass is 10.2. The Morgan fingerprint density at radius 2 is 1.85 bits per heavy atom. The SMILES string of the molecule is C[C@@H]1CNCCN1CCC(=O)Nc1ccc(Oc2ccccc2)cc1.Cl. The molecule has 0 saturated carbocycles. The fourth-order valence-electron chi connectivity index (χ4n) is 2.91. The number of hydrogen-bond acceptors (Lipinski definition) is 4. The molecule has 6 heteroatoms. The van der Waals surface area contributed by atoms with Crippen LogP contribution in [-0.4, -0.2) is 43.0 Å². The molecule has 0 bridgehead atoms. The Kier molecular flexibility index (Phi) is 7.91. The van der Waals surface area contributed by atoms with Crippen LogP contribution < -0.4 is 15.4 Å². The Balaban J connectivity index is 0.00000243. The van der Waals surface area contributed by atoms with Crippen molar-refractivity contribution in [2.75, 3.05) is 31.5 Å². The molecule has 2 aromatic carbocycles. The molecule has 0 radical (unpaired) electrons. The van der Waals surface area contributed by atoms with Crippen LogP contribution in [-0.2, 0) is 4.79 Å². The van der Waals surface area contributed by atoms with Gasteiger partial charge < -0.3 is 15.4 Å². The molecule has 0 aromatic heterocycles. The summed E-state index contributed by atoms with van der Waals surface area (Å²) in [5.41, 5.74) is 0.791. The Bertz CT molecular complexity index is 679. The second-order valence-corrected chi connectivity index (χ2v) is 6.33. The molecule has 1 amide bonds. The number of rotatable bonds is 6. The number of nitrogens with zero attached hydrogens (tertiary/aromatic N) is 1. The average Bonchev–Trinajstić information content (AvgIpc) is 2.64. The van der Waals surface area contributed by atoms with Crippen LogP contribution in [0.3, 0.4) is 0 Å². The first-order valence-corrected chi connectivity index (χ1v) is 8.78. The van der Waals surface area contributed by atoms with Gasteiger partial charge in [-0.15, -0.1) is 12.4 Å². The maximum absolute atomic E-state index is 12.2. The summed E-state index contributed by atoms with van der Waals surface area (Å²) in [5, 5.41) is 6.31. The van der Waals surface area contributed by atoms with Crippen LogP contribution in [0.5, 0.6) is 11.5 Å². The van der Waals surface area contributed by atoms with E-state index in [-0.39, 0.29) is 18.3 Å². The van der Waals surface area contributed by atoms with Crippen LogP contribution in [0.2, 0.25) is 0 Å². The molecule has 2 N–H and O–H groups in total. The fourth-order valence-corrected chi connectivity index (χ4v) is 2.91. The van der Waals surface area contributed by atoms with Crippen LogP contribution in [0.25, 0.3) is 0 Å². The number of para-hydroxylation sites is 1. The quantitative estimate of drug-likeness (QED) is 0.811. The second-order valence-electron chi connectivity index (χ2n) is 6.33. The molecule has 1 fully saturated rings. The molecule has 1 aliphatic heterocycles. The van der Waals surface area contributed by atoms with Gasteiger partial charge in [-0.25, -0.2) is 0 Å². The number of ether oxygens (including phenoxy) is 1. The van der Waals surface area contributed by atoms with E-state index in [4.69, 9.17) is 4.74 Å². The summed E-state index contributed by atoms with van der Waals surface area (Å²) in [4.78, 5) is 14.5. The average molecular weight is 376 g/mol. The van der Waals surface area contributed by atoms with Gasteiger partial charge in [-0.2, -0.15) is 0 Å². The van der Waals surface area contributed by atoms with Gasteiger partial charge in [0, 0.05) is 44.3 Å². The number of carbonyl (C=O) groups is 1. The molecule has 1 heterocycles. The first-order chi connectivity index (χ1) is 12.2. The van der Waals surface area contributed by atoms with Crippen molar-refractivity contribution in [3.8, 4) is 11.5 Å². The number of nitrogens with one attached hydrogen (secondary N) is 2. The van der Waals surface area contributed by atoms with Gasteiger partial charge in [0.05, 0.1) is 0 Å². The third-order valence-corrected chi connectivity index (χ3v) is 4.38. The molecule has 5 nitrogen and oxygen atoms in total. The standard InChI is InChI=1S/C20H25N3O2.ClH/c1-16-15-21-12-14-23(16)13-11-20(24)22-17-7-9-19(10-8-17)25-18-5-3-2-4-6-18;/h2-10,16,21H,11-15H2,1H3,(H,22,24);1H/t16-;/m1./s1. The largest absolute Gasteiger partial charge is 0.457 e. The van der Waals surface area contributed by atoms with E-state index >= 15 is 0 Å². The van der Waals surface area contributed by atoms with Crippen molar-refractivity contribution in [3.05, 3.63) is 54.6 Å². The molecule has 0 aliphatic carbocycles. The van der Waals surface area contributed by atoms with E-state index in [9.17, 15) is 4.79 Å². The van der Waals surface area contributed by atoms with E-state index in [0.29, 0.717) is 12.5 Å². The molecule has 2 aromatic rings. The molecular formula is C20H26ClN3O2. The number of benzene rings is 2. The lowest BCUT2D eigenvalue weighted by molar-refractivity contribution is -0.116. The summed E-state index contributed by atoms with van der Waals surface area (Å²) in [5.74, 6) is 1.59. The van der Waals surface area contributed by atoms with Crippen molar-refractivity contribution in [3.63, 3.8) is 0 Å². The summed E-state index contributed by atoms with van der Waals surface area (Å²) in [6, 6.07) is 17.6. The van der Waals surface area contributed by atoms with Crippen molar-refractivity contribution in [2.45, 2.75) is 19.4 Å². The van der Waals surface area contributed by atoms with Crippen LogP contribution in [0.4, 0.5) is 5.69 Å². The van der Waals surface area contributed by atoms with Crippen molar-refractivity contribution < 1.29 is 9.53 Å². The predicted molar refractivity (Wildman–Crippen MR) is 107 cm³/mol. The summed E-state index contributed by atoms with van der Waals surface area (Å²) in [6.07, 6.45) is 0.507. The molecule has 1 aliphatic rings. The number of hydrogen-bond donors (Lipinski definition) is 2. The van der Waals surface area contributed by atoms with Crippen LogP contribution in [0.15, 0.2) is 54.6 Å². The molecule has 140 valence electrons. The molecular weight excluding hydrogens is 350 g/mol. The summed E-state index contributed by atoms with van der Waals surface area (Å²) in [7, 11) is 0. The van der Waals surface area contributed by atoms with Crippen molar-refractivity contribution >= 4 is 24.0 Å². The highest BCUT2D eigenvalue weighted by Gasteiger charge is 2.18. The topological polar surface area (TPSA) is 53.6 Å². The number of piperazine rings is 1. The first-order valence-electron chi connectivity index (χ1n) is 8.78. The van der Waals surface area contributed by atoms with Gasteiger partial charge in [0.15, 0.2) is 0 Å². The minimum atomic E-state index is 0.